The predicted molar refractivity (Wildman–Crippen MR) is 103 cm³/mol. The SMILES string of the molecule is O=C(c1ccncc1)N(Cc1cc2ccccc2[nH]c1=O)CC1CCCO1. The lowest BCUT2D eigenvalue weighted by molar-refractivity contribution is 0.0506. The van der Waals surface area contributed by atoms with Crippen LogP contribution in [-0.2, 0) is 11.3 Å². The van der Waals surface area contributed by atoms with Crippen LogP contribution >= 0.6 is 0 Å². The Morgan fingerprint density at radius 2 is 2.04 bits per heavy atom. The molecule has 27 heavy (non-hydrogen) atoms. The Hall–Kier alpha value is -2.99. The first-order chi connectivity index (χ1) is 13.2. The monoisotopic (exact) mass is 363 g/mol. The van der Waals surface area contributed by atoms with Gasteiger partial charge in [0.2, 0.25) is 0 Å². The van der Waals surface area contributed by atoms with Gasteiger partial charge in [-0.1, -0.05) is 18.2 Å². The second kappa shape index (κ2) is 7.72. The number of amides is 1. The second-order valence-corrected chi connectivity index (χ2v) is 6.77. The molecule has 1 amide bonds. The zero-order valence-electron chi connectivity index (χ0n) is 14.9. The summed E-state index contributed by atoms with van der Waals surface area (Å²) in [5.41, 5.74) is 1.74. The molecule has 1 aromatic carbocycles. The largest absolute Gasteiger partial charge is 0.376 e. The number of rotatable bonds is 5. The van der Waals surface area contributed by atoms with Gasteiger partial charge >= 0.3 is 0 Å². The molecule has 0 spiro atoms. The van der Waals surface area contributed by atoms with E-state index in [1.54, 1.807) is 29.4 Å². The lowest BCUT2D eigenvalue weighted by Crippen LogP contribution is -2.38. The van der Waals surface area contributed by atoms with Crippen LogP contribution in [0.1, 0.15) is 28.8 Å². The van der Waals surface area contributed by atoms with Crippen molar-refractivity contribution in [3.63, 3.8) is 0 Å². The Morgan fingerprint density at radius 3 is 2.81 bits per heavy atom. The zero-order valence-corrected chi connectivity index (χ0v) is 14.9. The minimum Gasteiger partial charge on any atom is -0.376 e. The fourth-order valence-electron chi connectivity index (χ4n) is 3.45. The lowest BCUT2D eigenvalue weighted by atomic mass is 10.1. The molecule has 6 nitrogen and oxygen atoms in total. The second-order valence-electron chi connectivity index (χ2n) is 6.77. The summed E-state index contributed by atoms with van der Waals surface area (Å²) in [6.07, 6.45) is 5.13. The summed E-state index contributed by atoms with van der Waals surface area (Å²) in [6, 6.07) is 12.9. The van der Waals surface area contributed by atoms with E-state index in [-0.39, 0.29) is 24.1 Å². The molecular formula is C21H21N3O3. The summed E-state index contributed by atoms with van der Waals surface area (Å²) in [5, 5.41) is 0.945. The highest BCUT2D eigenvalue weighted by Crippen LogP contribution is 2.18. The van der Waals surface area contributed by atoms with Gasteiger partial charge in [0.1, 0.15) is 0 Å². The Morgan fingerprint density at radius 1 is 1.22 bits per heavy atom. The first-order valence-corrected chi connectivity index (χ1v) is 9.12. The van der Waals surface area contributed by atoms with Crippen molar-refractivity contribution in [1.82, 2.24) is 14.9 Å². The maximum Gasteiger partial charge on any atom is 0.254 e. The third-order valence-electron chi connectivity index (χ3n) is 4.85. The van der Waals surface area contributed by atoms with Gasteiger partial charge in [-0.2, -0.15) is 0 Å². The van der Waals surface area contributed by atoms with Crippen LogP contribution in [0.4, 0.5) is 0 Å². The number of benzene rings is 1. The molecule has 6 heteroatoms. The topological polar surface area (TPSA) is 75.3 Å². The number of hydrogen-bond donors (Lipinski definition) is 1. The average molecular weight is 363 g/mol. The summed E-state index contributed by atoms with van der Waals surface area (Å²) in [4.78, 5) is 34.1. The summed E-state index contributed by atoms with van der Waals surface area (Å²) in [7, 11) is 0. The van der Waals surface area contributed by atoms with Gasteiger partial charge in [0.05, 0.1) is 12.6 Å². The van der Waals surface area contributed by atoms with Gasteiger partial charge in [0, 0.05) is 42.2 Å². The number of fused-ring (bicyclic) bond motifs is 1. The maximum absolute atomic E-state index is 13.0. The van der Waals surface area contributed by atoms with Crippen molar-refractivity contribution in [1.29, 1.82) is 0 Å². The Bertz CT molecular complexity index is 994. The van der Waals surface area contributed by atoms with Gasteiger partial charge < -0.3 is 14.6 Å². The van der Waals surface area contributed by atoms with E-state index < -0.39 is 0 Å². The molecule has 0 bridgehead atoms. The van der Waals surface area contributed by atoms with Gasteiger partial charge in [-0.3, -0.25) is 14.6 Å². The first-order valence-electron chi connectivity index (χ1n) is 9.12. The molecule has 0 aliphatic carbocycles. The number of ether oxygens (including phenoxy) is 1. The van der Waals surface area contributed by atoms with Crippen LogP contribution in [0.3, 0.4) is 0 Å². The summed E-state index contributed by atoms with van der Waals surface area (Å²) >= 11 is 0. The van der Waals surface area contributed by atoms with Crippen molar-refractivity contribution in [3.8, 4) is 0 Å². The molecule has 3 heterocycles. The fourth-order valence-corrected chi connectivity index (χ4v) is 3.45. The molecular weight excluding hydrogens is 342 g/mol. The van der Waals surface area contributed by atoms with E-state index in [1.807, 2.05) is 30.3 Å². The molecule has 1 saturated heterocycles. The highest BCUT2D eigenvalue weighted by molar-refractivity contribution is 5.94. The van der Waals surface area contributed by atoms with Crippen molar-refractivity contribution < 1.29 is 9.53 Å². The van der Waals surface area contributed by atoms with Gasteiger partial charge in [0.15, 0.2) is 0 Å². The smallest absolute Gasteiger partial charge is 0.254 e. The molecule has 3 aromatic rings. The van der Waals surface area contributed by atoms with E-state index in [4.69, 9.17) is 4.74 Å². The average Bonchev–Trinajstić information content (AvgIpc) is 3.21. The first kappa shape index (κ1) is 17.4. The Kier molecular flexibility index (Phi) is 4.98. The fraction of sp³-hybridized carbons (Fsp3) is 0.286. The number of aromatic amines is 1. The molecule has 2 aromatic heterocycles. The van der Waals surface area contributed by atoms with E-state index >= 15 is 0 Å². The van der Waals surface area contributed by atoms with Crippen molar-refractivity contribution in [2.24, 2.45) is 0 Å². The maximum atomic E-state index is 13.0. The van der Waals surface area contributed by atoms with Crippen LogP contribution in [0.2, 0.25) is 0 Å². The van der Waals surface area contributed by atoms with Gasteiger partial charge in [0.25, 0.3) is 11.5 Å². The highest BCUT2D eigenvalue weighted by atomic mass is 16.5. The molecule has 1 N–H and O–H groups in total. The van der Waals surface area contributed by atoms with Gasteiger partial charge in [-0.25, -0.2) is 0 Å². The molecule has 0 radical (unpaired) electrons. The van der Waals surface area contributed by atoms with Crippen LogP contribution in [0.25, 0.3) is 10.9 Å². The minimum atomic E-state index is -0.173. The standard InChI is InChI=1S/C21H21N3O3/c25-20-17(12-16-4-1-2-6-19(16)23-20)13-24(14-18-5-3-11-27-18)21(26)15-7-9-22-10-8-15/h1-2,4,6-10,12,18H,3,5,11,13-14H2,(H,23,25). The third kappa shape index (κ3) is 3.90. The third-order valence-corrected chi connectivity index (χ3v) is 4.85. The number of aromatic nitrogens is 2. The molecule has 1 aliphatic rings. The van der Waals surface area contributed by atoms with Crippen LogP contribution in [-0.4, -0.2) is 40.0 Å². The molecule has 0 saturated carbocycles. The molecule has 1 atom stereocenters. The van der Waals surface area contributed by atoms with Crippen LogP contribution in [0.15, 0.2) is 59.7 Å². The van der Waals surface area contributed by atoms with Gasteiger partial charge in [-0.15, -0.1) is 0 Å². The summed E-state index contributed by atoms with van der Waals surface area (Å²) in [6.45, 7) is 1.42. The van der Waals surface area contributed by atoms with Crippen molar-refractivity contribution >= 4 is 16.8 Å². The number of nitrogens with one attached hydrogen (secondary N) is 1. The number of nitrogens with zero attached hydrogens (tertiary/aromatic N) is 2. The normalized spacial score (nSPS) is 16.5. The number of hydrogen-bond acceptors (Lipinski definition) is 4. The van der Waals surface area contributed by atoms with Gasteiger partial charge in [-0.05, 0) is 42.5 Å². The summed E-state index contributed by atoms with van der Waals surface area (Å²) < 4.78 is 5.72. The van der Waals surface area contributed by atoms with E-state index in [0.29, 0.717) is 17.7 Å². The predicted octanol–water partition coefficient (Wildman–Crippen LogP) is 2.74. The van der Waals surface area contributed by atoms with E-state index in [0.717, 1.165) is 30.4 Å². The number of para-hydroxylation sites is 1. The van der Waals surface area contributed by atoms with Crippen LogP contribution in [0, 0.1) is 0 Å². The minimum absolute atomic E-state index is 0.00956. The molecule has 1 fully saturated rings. The Labute approximate surface area is 156 Å². The molecule has 1 unspecified atom stereocenters. The lowest BCUT2D eigenvalue weighted by Gasteiger charge is -2.25. The van der Waals surface area contributed by atoms with E-state index in [1.165, 1.54) is 0 Å². The zero-order chi connectivity index (χ0) is 18.6. The van der Waals surface area contributed by atoms with E-state index in [9.17, 15) is 9.59 Å². The number of H-pyrrole nitrogens is 1. The van der Waals surface area contributed by atoms with E-state index in [2.05, 4.69) is 9.97 Å². The Balaban J connectivity index is 1.65. The summed E-state index contributed by atoms with van der Waals surface area (Å²) in [5.74, 6) is -0.125. The molecule has 138 valence electrons. The highest BCUT2D eigenvalue weighted by Gasteiger charge is 2.24. The molecule has 1 aliphatic heterocycles. The van der Waals surface area contributed by atoms with Crippen LogP contribution < -0.4 is 5.56 Å². The number of carbonyl (C=O) groups is 1. The molecule has 4 rings (SSSR count). The van der Waals surface area contributed by atoms with Crippen molar-refractivity contribution in [2.45, 2.75) is 25.5 Å². The quantitative estimate of drug-likeness (QED) is 0.756. The number of pyridine rings is 2. The van der Waals surface area contributed by atoms with Crippen LogP contribution in [0.5, 0.6) is 0 Å². The van der Waals surface area contributed by atoms with Crippen molar-refractivity contribution in [2.75, 3.05) is 13.2 Å². The number of carbonyl (C=O) groups excluding carboxylic acids is 1. The van der Waals surface area contributed by atoms with Crippen molar-refractivity contribution in [3.05, 3.63) is 76.3 Å².